The van der Waals surface area contributed by atoms with Gasteiger partial charge in [0.25, 0.3) is 0 Å². The number of hydrogen-bond donors (Lipinski definition) is 1. The Morgan fingerprint density at radius 3 is 0.789 bits per heavy atom. The van der Waals surface area contributed by atoms with E-state index in [9.17, 15) is 0 Å². The second kappa shape index (κ2) is 27.0. The molecule has 0 rings (SSSR count). The van der Waals surface area contributed by atoms with Crippen molar-refractivity contribution in [1.82, 2.24) is 6.15 Å². The summed E-state index contributed by atoms with van der Waals surface area (Å²) >= 11 is 7.40. The monoisotopic (exact) mass is 584 g/mol. The molecular formula is C2H4FeHgN3O8S4. The largest absolute Gasteiger partial charge is 3.00 e. The molecule has 0 fully saturated rings. The molecule has 1 radical (unpaired) electrons. The Morgan fingerprint density at radius 1 is 0.789 bits per heavy atom. The molecule has 0 saturated heterocycles. The summed E-state index contributed by atoms with van der Waals surface area (Å²) in [6, 6.07) is 0. The van der Waals surface area contributed by atoms with Crippen molar-refractivity contribution >= 4 is 46.1 Å². The Kier molecular flexibility index (Phi) is 60.7. The van der Waals surface area contributed by atoms with Crippen molar-refractivity contribution < 1.29 is 79.8 Å². The summed E-state index contributed by atoms with van der Waals surface area (Å²) in [5.74, 6) is 0. The van der Waals surface area contributed by atoms with Crippen LogP contribution >= 0.6 is 0 Å². The van der Waals surface area contributed by atoms with Gasteiger partial charge in [-0.2, -0.15) is 0 Å². The molecule has 0 aromatic carbocycles. The van der Waals surface area contributed by atoms with E-state index in [2.05, 4.69) is 25.3 Å². The maximum atomic E-state index is 8.52. The van der Waals surface area contributed by atoms with Gasteiger partial charge >= 0.3 is 44.7 Å². The van der Waals surface area contributed by atoms with E-state index in [1.54, 1.807) is 0 Å². The number of hydrogen-bond acceptors (Lipinski definition) is 12. The van der Waals surface area contributed by atoms with Crippen molar-refractivity contribution in [2.45, 2.75) is 0 Å². The fourth-order valence-corrected chi connectivity index (χ4v) is 0. The van der Waals surface area contributed by atoms with Crippen LogP contribution in [0.4, 0.5) is 0 Å². The molecule has 4 N–H and O–H groups in total. The number of thiocyanates is 2. The fraction of sp³-hybridized carbons (Fsp3) is 0. The Balaban J connectivity index is -0.0000000197. The van der Waals surface area contributed by atoms with Crippen molar-refractivity contribution in [3.8, 4) is 10.8 Å². The van der Waals surface area contributed by atoms with E-state index in [1.165, 1.54) is 10.8 Å². The molecule has 0 heterocycles. The van der Waals surface area contributed by atoms with E-state index < -0.39 is 20.8 Å². The van der Waals surface area contributed by atoms with Gasteiger partial charge < -0.3 is 49.6 Å². The zero-order valence-electron chi connectivity index (χ0n) is 8.85. The average Bonchev–Trinajstić information content (AvgIpc) is 1.79. The third kappa shape index (κ3) is 15500. The quantitative estimate of drug-likeness (QED) is 0.104. The molecule has 17 heteroatoms. The molecule has 0 unspecified atom stereocenters. The summed E-state index contributed by atoms with van der Waals surface area (Å²) in [6.45, 7) is 0. The maximum Gasteiger partial charge on any atom is 3.00 e. The van der Waals surface area contributed by atoms with Gasteiger partial charge in [-0.15, -0.1) is 0 Å². The minimum Gasteiger partial charge on any atom is -0.759 e. The second-order valence-corrected chi connectivity index (χ2v) is 3.00. The molecule has 109 valence electrons. The standard InChI is InChI=1S/2CHNS.Fe.Hg.H3N.2H2O4S/c2*2-1-3;;;;2*1-5(2,3)4/h2*3H;;;1H3;2*(H2,1,2,3,4)/q;;+3;+2;;;/p-5. The first-order valence-electron chi connectivity index (χ1n) is 2.19. The van der Waals surface area contributed by atoms with Crippen molar-refractivity contribution in [3.63, 3.8) is 0 Å². The molecule has 11 nitrogen and oxygen atoms in total. The number of rotatable bonds is 0. The van der Waals surface area contributed by atoms with E-state index in [-0.39, 0.29) is 50.9 Å². The van der Waals surface area contributed by atoms with E-state index >= 15 is 0 Å². The van der Waals surface area contributed by atoms with Crippen LogP contribution in [0.15, 0.2) is 0 Å². The van der Waals surface area contributed by atoms with Crippen LogP contribution < -0.4 is 6.15 Å². The minimum atomic E-state index is -5.17. The van der Waals surface area contributed by atoms with Crippen LogP contribution in [-0.2, 0) is 90.8 Å². The normalized spacial score (nSPS) is 6.84. The first-order chi connectivity index (χ1) is 6.83. The molecular weight excluding hydrogens is 579 g/mol. The fourth-order valence-electron chi connectivity index (χ4n) is 0. The van der Waals surface area contributed by atoms with Gasteiger partial charge in [-0.3, -0.25) is 16.8 Å². The van der Waals surface area contributed by atoms with Crippen LogP contribution in [-0.4, -0.2) is 35.0 Å². The van der Waals surface area contributed by atoms with Gasteiger partial charge in [-0.1, -0.05) is 10.8 Å². The van der Waals surface area contributed by atoms with Crippen LogP contribution in [0.5, 0.6) is 0 Å². The van der Waals surface area contributed by atoms with Crippen LogP contribution in [0.2, 0.25) is 0 Å². The van der Waals surface area contributed by atoms with Gasteiger partial charge in [0, 0.05) is 20.8 Å². The Hall–Kier alpha value is 0.575. The van der Waals surface area contributed by atoms with E-state index in [1.807, 2.05) is 0 Å². The summed E-state index contributed by atoms with van der Waals surface area (Å²) in [7, 11) is -10.3. The third-order valence-corrected chi connectivity index (χ3v) is 0. The van der Waals surface area contributed by atoms with Gasteiger partial charge in [-0.25, -0.2) is 10.5 Å². The number of nitrogens with zero attached hydrogens (tertiary/aromatic N) is 2. The molecule has 0 aliphatic heterocycles. The Morgan fingerprint density at radius 2 is 0.789 bits per heavy atom. The molecule has 0 spiro atoms. The van der Waals surface area contributed by atoms with Gasteiger partial charge in [0.1, 0.15) is 0 Å². The minimum absolute atomic E-state index is 0. The maximum absolute atomic E-state index is 8.52. The number of quaternary nitrogens is 1. The summed E-state index contributed by atoms with van der Waals surface area (Å²) < 4.78 is 68.2. The van der Waals surface area contributed by atoms with Crippen LogP contribution in [0.25, 0.3) is 0 Å². The van der Waals surface area contributed by atoms with Crippen LogP contribution in [0.3, 0.4) is 0 Å². The van der Waals surface area contributed by atoms with Gasteiger partial charge in [0.2, 0.25) is 0 Å². The van der Waals surface area contributed by atoms with Crippen molar-refractivity contribution in [1.29, 1.82) is 10.5 Å². The zero-order valence-corrected chi connectivity index (χ0v) is 18.7. The Bertz CT molecular complexity index is 366. The zero-order chi connectivity index (χ0) is 14.4. The first kappa shape index (κ1) is 42.7. The van der Waals surface area contributed by atoms with E-state index in [0.29, 0.717) is 0 Å². The predicted octanol–water partition coefficient (Wildman–Crippen LogP) is -2.28. The average molecular weight is 583 g/mol. The molecule has 0 amide bonds. The molecule has 0 aliphatic carbocycles. The van der Waals surface area contributed by atoms with Gasteiger partial charge in [0.15, 0.2) is 0 Å². The first-order valence-corrected chi connectivity index (χ1v) is 5.67. The summed E-state index contributed by atoms with van der Waals surface area (Å²) in [5.41, 5.74) is 0. The summed E-state index contributed by atoms with van der Waals surface area (Å²) in [6.07, 6.45) is 0. The SMILES string of the molecule is N#C[S-].N#C[S-].O=S(=O)([O-])[O-].O=S(=O)([O-])[O-].[Fe+3].[Hg+2].[NH4+]. The van der Waals surface area contributed by atoms with Crippen molar-refractivity contribution in [2.24, 2.45) is 0 Å². The second-order valence-electron chi connectivity index (χ2n) is 0.999. The summed E-state index contributed by atoms with van der Waals surface area (Å²) in [4.78, 5) is 0. The van der Waals surface area contributed by atoms with Gasteiger partial charge in [-0.05, 0) is 0 Å². The number of nitriles is 2. The van der Waals surface area contributed by atoms with Crippen molar-refractivity contribution in [3.05, 3.63) is 0 Å². The Labute approximate surface area is 152 Å². The summed E-state index contributed by atoms with van der Waals surface area (Å²) in [5, 5.41) is 16.9. The van der Waals surface area contributed by atoms with Crippen LogP contribution in [0, 0.1) is 21.3 Å². The molecule has 19 heavy (non-hydrogen) atoms. The van der Waals surface area contributed by atoms with Crippen LogP contribution in [0.1, 0.15) is 0 Å². The van der Waals surface area contributed by atoms with Crippen molar-refractivity contribution in [2.75, 3.05) is 0 Å². The van der Waals surface area contributed by atoms with E-state index in [0.717, 1.165) is 0 Å². The molecule has 0 aromatic heterocycles. The molecule has 0 saturated carbocycles. The molecule has 0 atom stereocenters. The molecule has 0 aliphatic rings. The van der Waals surface area contributed by atoms with E-state index in [4.69, 9.17) is 45.6 Å². The predicted molar refractivity (Wildman–Crippen MR) is 52.9 cm³/mol. The smallest absolute Gasteiger partial charge is 0.759 e. The third-order valence-electron chi connectivity index (χ3n) is 0. The van der Waals surface area contributed by atoms with Gasteiger partial charge in [0.05, 0.1) is 0 Å². The molecule has 0 bridgehead atoms. The molecule has 0 aromatic rings. The topological polar surface area (TPSA) is 245 Å².